The van der Waals surface area contributed by atoms with Gasteiger partial charge in [-0.25, -0.2) is 5.57 Å². The van der Waals surface area contributed by atoms with Gasteiger partial charge in [-0.2, -0.15) is 0 Å². The fraction of sp³-hybridized carbons (Fsp3) is 0.600. The summed E-state index contributed by atoms with van der Waals surface area (Å²) >= 11 is -0.287. The number of methoxy groups -OCH3 is 1. The van der Waals surface area contributed by atoms with Crippen molar-refractivity contribution < 1.29 is 75.8 Å². The molecule has 9 nitrogen and oxygen atoms in total. The van der Waals surface area contributed by atoms with Gasteiger partial charge in [0.25, 0.3) is 0 Å². The van der Waals surface area contributed by atoms with Crippen molar-refractivity contribution in [2.45, 2.75) is 33.1 Å². The Morgan fingerprint density at radius 1 is 1.00 bits per heavy atom. The Balaban J connectivity index is -0.0000000282. The summed E-state index contributed by atoms with van der Waals surface area (Å²) in [6, 6.07) is 0. The Hall–Kier alpha value is 3.67. The van der Waals surface area contributed by atoms with E-state index in [0.717, 1.165) is 13.1 Å². The van der Waals surface area contributed by atoms with Crippen molar-refractivity contribution in [1.29, 1.82) is 0 Å². The van der Waals surface area contributed by atoms with Crippen molar-refractivity contribution >= 4 is 92.6 Å². The summed E-state index contributed by atoms with van der Waals surface area (Å²) in [7, 11) is 40.4. The summed E-state index contributed by atoms with van der Waals surface area (Å²) < 4.78 is 4.22. The molecule has 244 valence electrons. The van der Waals surface area contributed by atoms with Crippen LogP contribution >= 0.6 is 86.7 Å². The first-order valence-corrected chi connectivity index (χ1v) is 31.2. The molecule has 1 aliphatic heterocycles. The zero-order valence-corrected chi connectivity index (χ0v) is 35.7. The maximum Gasteiger partial charge on any atom is 0.0791 e. The van der Waals surface area contributed by atoms with Gasteiger partial charge in [0.2, 0.25) is 0 Å². The number of hydrogen-bond acceptors (Lipinski definition) is 4. The number of nitrogens with zero attached hydrogens (tertiary/aromatic N) is 3. The molecule has 0 atom stereocenters. The first kappa shape index (κ1) is 68.0. The van der Waals surface area contributed by atoms with Crippen molar-refractivity contribution in [1.82, 2.24) is 4.98 Å². The third-order valence-corrected chi connectivity index (χ3v) is 2.55. The van der Waals surface area contributed by atoms with E-state index in [-0.39, 0.29) is 37.1 Å². The van der Waals surface area contributed by atoms with Crippen molar-refractivity contribution in [3.63, 3.8) is 0 Å². The predicted octanol–water partition coefficient (Wildman–Crippen LogP) is 12.0. The summed E-state index contributed by atoms with van der Waals surface area (Å²) in [6.07, 6.45) is 5.84. The van der Waals surface area contributed by atoms with Crippen LogP contribution in [-0.2, 0) is 70.7 Å². The van der Waals surface area contributed by atoms with Crippen molar-refractivity contribution in [3.05, 3.63) is 64.6 Å². The minimum Gasteiger partial charge on any atom is -0.693 e. The summed E-state index contributed by atoms with van der Waals surface area (Å²) in [4.78, 5) is 3.74. The Morgan fingerprint density at radius 2 is 1.30 bits per heavy atom. The average Bonchev–Trinajstić information content (AvgIpc) is 3.38. The maximum atomic E-state index is 8.06. The van der Waals surface area contributed by atoms with Gasteiger partial charge in [0.05, 0.1) is 12.6 Å². The number of aromatic nitrogens is 1. The SMILES string of the molecule is C1CC[N-]CC1.COC(C)=[N-].[CH-]=C(C)CO.[Cl][Pt+2][Cl].[Cl][Pt+2][Cl].[Cl][Pt+2][Cl].[Cl][Pt][Cl].[NH2-].[NH2-].[NH2-].[NH2-].c1cscn1. The topological polar surface area (TPSA) is 213 Å². The van der Waals surface area contributed by atoms with E-state index in [0.29, 0.717) is 5.57 Å². The van der Waals surface area contributed by atoms with Crippen LogP contribution in [0.4, 0.5) is 0 Å². The molecule has 1 aliphatic rings. The van der Waals surface area contributed by atoms with Crippen LogP contribution in [0.15, 0.2) is 22.7 Å². The van der Waals surface area contributed by atoms with Gasteiger partial charge in [-0.05, 0) is 12.8 Å². The van der Waals surface area contributed by atoms with Gasteiger partial charge in [0, 0.05) is 18.2 Å². The molecule has 0 saturated carbocycles. The fourth-order valence-corrected chi connectivity index (χ4v) is 1.26. The average molecular weight is 1440 g/mol. The number of piperidine rings is 1. The van der Waals surface area contributed by atoms with Crippen LogP contribution in [0.5, 0.6) is 0 Å². The largest absolute Gasteiger partial charge is 0.693 e. The van der Waals surface area contributed by atoms with Crippen LogP contribution in [0.2, 0.25) is 0 Å². The Morgan fingerprint density at radius 3 is 1.35 bits per heavy atom. The molecule has 2 heterocycles. The standard InChI is InChI=1S/C5H10N.C4H7O.C3H6NO.C3H3NS.8ClH.4H2N.4Pt/c1-2-4-6-5-3-1;1-4(2)3-5;1-3(4)5-2;1-2-5-3-4-1;;;;;;;;;;;;;;;;/h1-5H2;1,5H,3H2,2H3;1-2H3;1-3H;8*1H;4*1H2;;;;/q3*-1;;;;;;;;;;4*-1;+2;3*+4/p-8. The van der Waals surface area contributed by atoms with Gasteiger partial charge >= 0.3 is 141 Å². The number of aliphatic hydroxyl groups excluding tert-OH is 1. The molecule has 0 spiro atoms. The molecule has 0 amide bonds. The molecule has 22 heteroatoms. The van der Waals surface area contributed by atoms with Crippen LogP contribution in [0.3, 0.4) is 0 Å². The maximum absolute atomic E-state index is 8.06. The first-order chi connectivity index (χ1) is 15.7. The second kappa shape index (κ2) is 83.4. The van der Waals surface area contributed by atoms with Gasteiger partial charge in [0.1, 0.15) is 0 Å². The third-order valence-electron chi connectivity index (χ3n) is 2.02. The van der Waals surface area contributed by atoms with E-state index in [1.54, 1.807) is 30.0 Å². The molecule has 2 rings (SSSR count). The number of nitrogens with two attached hydrogens (primary N) is 4. The Labute approximate surface area is 293 Å². The summed E-state index contributed by atoms with van der Waals surface area (Å²) in [5.74, 6) is 0.00463. The van der Waals surface area contributed by atoms with Crippen molar-refractivity contribution in [3.8, 4) is 0 Å². The van der Waals surface area contributed by atoms with Gasteiger partial charge in [0.15, 0.2) is 0 Å². The monoisotopic (exact) mass is 1440 g/mol. The molecular weight excluding hydrogens is 1410 g/mol. The second-order valence-corrected chi connectivity index (χ2v) is 18.2. The van der Waals surface area contributed by atoms with E-state index in [4.69, 9.17) is 92.4 Å². The van der Waals surface area contributed by atoms with E-state index in [1.807, 2.05) is 5.38 Å². The smallest absolute Gasteiger partial charge is 0.0791 e. The Kier molecular flexibility index (Phi) is 153. The third kappa shape index (κ3) is 161. The zero-order valence-electron chi connectivity index (χ0n) is 19.8. The minimum absolute atomic E-state index is 0. The van der Waals surface area contributed by atoms with Crippen molar-refractivity contribution in [2.24, 2.45) is 0 Å². The van der Waals surface area contributed by atoms with Crippen LogP contribution in [0.25, 0.3) is 35.3 Å². The van der Waals surface area contributed by atoms with E-state index >= 15 is 0 Å². The zero-order chi connectivity index (χ0) is 27.2. The molecule has 0 aliphatic carbocycles. The quantitative estimate of drug-likeness (QED) is 0.165. The van der Waals surface area contributed by atoms with Gasteiger partial charge in [-0.15, -0.1) is 24.4 Å². The van der Waals surface area contributed by atoms with E-state index in [2.05, 4.69) is 15.0 Å². The van der Waals surface area contributed by atoms with Crippen LogP contribution in [0, 0.1) is 6.58 Å². The Bertz CT molecular complexity index is 381. The molecule has 1 saturated heterocycles. The number of thiazole rings is 1. The van der Waals surface area contributed by atoms with E-state index in [9.17, 15) is 0 Å². The number of aliphatic hydroxyl groups is 1. The number of ether oxygens (including phenoxy) is 1. The molecule has 37 heavy (non-hydrogen) atoms. The molecule has 0 aromatic carbocycles. The van der Waals surface area contributed by atoms with Crippen LogP contribution in [0.1, 0.15) is 33.1 Å². The summed E-state index contributed by atoms with van der Waals surface area (Å²) in [5.41, 5.74) is 2.35. The van der Waals surface area contributed by atoms with Gasteiger partial charge in [-0.1, -0.05) is 26.2 Å². The number of hydrogen-bond donors (Lipinski definition) is 1. The van der Waals surface area contributed by atoms with E-state index in [1.165, 1.54) is 33.3 Å². The molecule has 1 aromatic rings. The van der Waals surface area contributed by atoms with Gasteiger partial charge in [-0.3, -0.25) is 4.98 Å². The van der Waals surface area contributed by atoms with Crippen LogP contribution < -0.4 is 0 Å². The summed E-state index contributed by atoms with van der Waals surface area (Å²) in [5, 5.41) is 22.1. The molecule has 0 unspecified atom stereocenters. The predicted molar refractivity (Wildman–Crippen MR) is 159 cm³/mol. The number of rotatable bonds is 1. The minimum atomic E-state index is -0.472. The molecular formula is C15H34Cl8N7O2Pt4S-. The molecule has 1 aromatic heterocycles. The first-order valence-electron chi connectivity index (χ1n) is 7.70. The molecule has 1 fully saturated rings. The van der Waals surface area contributed by atoms with E-state index < -0.39 is 65.9 Å². The van der Waals surface area contributed by atoms with Crippen molar-refractivity contribution in [2.75, 3.05) is 26.8 Å². The second-order valence-electron chi connectivity index (χ2n) is 4.32. The summed E-state index contributed by atoms with van der Waals surface area (Å²) in [6.45, 7) is 10.3. The molecule has 0 radical (unpaired) electrons. The van der Waals surface area contributed by atoms with Crippen LogP contribution in [-0.4, -0.2) is 42.8 Å². The van der Waals surface area contributed by atoms with Gasteiger partial charge < -0.3 is 51.8 Å². The normalized spacial score (nSPS) is 9.30. The molecule has 0 bridgehead atoms. The fourth-order valence-electron chi connectivity index (χ4n) is 0.911. The number of halogens is 8. The molecule has 9 N–H and O–H groups in total.